The second-order valence-electron chi connectivity index (χ2n) is 2.72. The van der Waals surface area contributed by atoms with Crippen molar-refractivity contribution in [3.05, 3.63) is 47.0 Å². The Balaban J connectivity index is 3.15. The Hall–Kier alpha value is -0.790. The van der Waals surface area contributed by atoms with E-state index in [4.69, 9.17) is 17.3 Å². The van der Waals surface area contributed by atoms with Crippen molar-refractivity contribution in [1.29, 1.82) is 0 Å². The van der Waals surface area contributed by atoms with Crippen molar-refractivity contribution < 1.29 is 0 Å². The van der Waals surface area contributed by atoms with Gasteiger partial charge in [0.25, 0.3) is 0 Å². The highest BCUT2D eigenvalue weighted by molar-refractivity contribution is 6.31. The van der Waals surface area contributed by atoms with Crippen molar-refractivity contribution in [1.82, 2.24) is 0 Å². The van der Waals surface area contributed by atoms with Crippen molar-refractivity contribution >= 4 is 11.6 Å². The number of hydrogen-bond acceptors (Lipinski definition) is 1. The van der Waals surface area contributed by atoms with Crippen LogP contribution in [0, 0.1) is 6.92 Å². The van der Waals surface area contributed by atoms with Crippen molar-refractivity contribution in [3.63, 3.8) is 0 Å². The minimum absolute atomic E-state index is 0.122. The molecule has 0 aromatic heterocycles. The lowest BCUT2D eigenvalue weighted by molar-refractivity contribution is 0.902. The van der Waals surface area contributed by atoms with Crippen molar-refractivity contribution in [2.75, 3.05) is 0 Å². The molecule has 1 aromatic rings. The molecule has 64 valence electrons. The molecule has 0 radical (unpaired) electrons. The Morgan fingerprint density at radius 1 is 1.58 bits per heavy atom. The van der Waals surface area contributed by atoms with E-state index in [0.29, 0.717) is 0 Å². The van der Waals surface area contributed by atoms with E-state index in [1.165, 1.54) is 0 Å². The van der Waals surface area contributed by atoms with Gasteiger partial charge in [0.05, 0.1) is 0 Å². The molecule has 0 aliphatic carbocycles. The zero-order valence-corrected chi connectivity index (χ0v) is 7.81. The molecular weight excluding hydrogens is 170 g/mol. The summed E-state index contributed by atoms with van der Waals surface area (Å²) in [5.74, 6) is 0. The first-order chi connectivity index (χ1) is 5.66. The minimum Gasteiger partial charge on any atom is -0.321 e. The Morgan fingerprint density at radius 2 is 2.25 bits per heavy atom. The van der Waals surface area contributed by atoms with Gasteiger partial charge >= 0.3 is 0 Å². The molecule has 0 saturated heterocycles. The quantitative estimate of drug-likeness (QED) is 0.698. The molecule has 0 saturated carbocycles. The number of rotatable bonds is 2. The average Bonchev–Trinajstić information content (AvgIpc) is 2.08. The molecule has 12 heavy (non-hydrogen) atoms. The maximum Gasteiger partial charge on any atom is 0.0481 e. The molecule has 0 unspecified atom stereocenters. The molecule has 1 aromatic carbocycles. The van der Waals surface area contributed by atoms with E-state index in [0.717, 1.165) is 16.1 Å². The molecule has 0 aliphatic rings. The monoisotopic (exact) mass is 181 g/mol. The van der Waals surface area contributed by atoms with Gasteiger partial charge in [0.1, 0.15) is 0 Å². The molecule has 0 bridgehead atoms. The van der Waals surface area contributed by atoms with Crippen molar-refractivity contribution in [3.8, 4) is 0 Å². The Kier molecular flexibility index (Phi) is 2.90. The molecule has 0 spiro atoms. The maximum absolute atomic E-state index is 5.93. The van der Waals surface area contributed by atoms with Gasteiger partial charge in [-0.15, -0.1) is 6.58 Å². The molecule has 0 heterocycles. The van der Waals surface area contributed by atoms with E-state index in [1.807, 2.05) is 25.1 Å². The van der Waals surface area contributed by atoms with E-state index in [2.05, 4.69) is 6.58 Å². The number of halogens is 1. The van der Waals surface area contributed by atoms with Gasteiger partial charge in [-0.05, 0) is 24.1 Å². The summed E-state index contributed by atoms with van der Waals surface area (Å²) in [6.07, 6.45) is 1.71. The van der Waals surface area contributed by atoms with Crippen LogP contribution in [0.5, 0.6) is 0 Å². The van der Waals surface area contributed by atoms with Crippen LogP contribution in [-0.2, 0) is 0 Å². The Morgan fingerprint density at radius 3 is 2.83 bits per heavy atom. The SMILES string of the molecule is C=C[C@H](N)c1cccc(Cl)c1C. The van der Waals surface area contributed by atoms with Gasteiger partial charge < -0.3 is 5.73 Å². The zero-order valence-electron chi connectivity index (χ0n) is 7.05. The third kappa shape index (κ3) is 1.68. The van der Waals surface area contributed by atoms with Gasteiger partial charge in [-0.25, -0.2) is 0 Å². The normalized spacial score (nSPS) is 12.6. The highest BCUT2D eigenvalue weighted by atomic mass is 35.5. The lowest BCUT2D eigenvalue weighted by Gasteiger charge is -2.10. The zero-order chi connectivity index (χ0) is 9.14. The van der Waals surface area contributed by atoms with Crippen molar-refractivity contribution in [2.45, 2.75) is 13.0 Å². The van der Waals surface area contributed by atoms with Crippen LogP contribution < -0.4 is 5.73 Å². The molecule has 1 nitrogen and oxygen atoms in total. The van der Waals surface area contributed by atoms with Gasteiger partial charge in [0.15, 0.2) is 0 Å². The fourth-order valence-electron chi connectivity index (χ4n) is 1.11. The van der Waals surface area contributed by atoms with E-state index < -0.39 is 0 Å². The highest BCUT2D eigenvalue weighted by Gasteiger charge is 2.06. The second-order valence-corrected chi connectivity index (χ2v) is 3.12. The lowest BCUT2D eigenvalue weighted by Crippen LogP contribution is -2.08. The highest BCUT2D eigenvalue weighted by Crippen LogP contribution is 2.23. The van der Waals surface area contributed by atoms with Crippen LogP contribution in [0.3, 0.4) is 0 Å². The molecule has 2 N–H and O–H groups in total. The van der Waals surface area contributed by atoms with E-state index in [9.17, 15) is 0 Å². The summed E-state index contributed by atoms with van der Waals surface area (Å²) < 4.78 is 0. The third-order valence-corrected chi connectivity index (χ3v) is 2.33. The van der Waals surface area contributed by atoms with Crippen LogP contribution in [-0.4, -0.2) is 0 Å². The predicted octanol–water partition coefficient (Wildman–Crippen LogP) is 2.83. The topological polar surface area (TPSA) is 26.0 Å². The summed E-state index contributed by atoms with van der Waals surface area (Å²) in [7, 11) is 0. The van der Waals surface area contributed by atoms with E-state index in [1.54, 1.807) is 6.08 Å². The lowest BCUT2D eigenvalue weighted by atomic mass is 10.0. The summed E-state index contributed by atoms with van der Waals surface area (Å²) in [5.41, 5.74) is 7.86. The first-order valence-electron chi connectivity index (χ1n) is 3.80. The van der Waals surface area contributed by atoms with Gasteiger partial charge in [0, 0.05) is 11.1 Å². The van der Waals surface area contributed by atoms with E-state index in [-0.39, 0.29) is 6.04 Å². The molecule has 1 atom stereocenters. The molecule has 1 rings (SSSR count). The van der Waals surface area contributed by atoms with Crippen LogP contribution >= 0.6 is 11.6 Å². The second kappa shape index (κ2) is 3.74. The molecular formula is C10H12ClN. The number of nitrogens with two attached hydrogens (primary N) is 1. The summed E-state index contributed by atoms with van der Waals surface area (Å²) in [5, 5.41) is 0.754. The summed E-state index contributed by atoms with van der Waals surface area (Å²) in [4.78, 5) is 0. The van der Waals surface area contributed by atoms with Crippen LogP contribution in [0.25, 0.3) is 0 Å². The smallest absolute Gasteiger partial charge is 0.0481 e. The summed E-state index contributed by atoms with van der Waals surface area (Å²) >= 11 is 5.93. The molecule has 0 amide bonds. The summed E-state index contributed by atoms with van der Waals surface area (Å²) in [6.45, 7) is 5.60. The largest absolute Gasteiger partial charge is 0.321 e. The van der Waals surface area contributed by atoms with Crippen LogP contribution in [0.1, 0.15) is 17.2 Å². The van der Waals surface area contributed by atoms with Gasteiger partial charge in [-0.3, -0.25) is 0 Å². The van der Waals surface area contributed by atoms with Crippen molar-refractivity contribution in [2.24, 2.45) is 5.73 Å². The first-order valence-corrected chi connectivity index (χ1v) is 4.17. The van der Waals surface area contributed by atoms with Crippen LogP contribution in [0.15, 0.2) is 30.9 Å². The Labute approximate surface area is 77.8 Å². The van der Waals surface area contributed by atoms with Crippen LogP contribution in [0.4, 0.5) is 0 Å². The van der Waals surface area contributed by atoms with Gasteiger partial charge in [-0.2, -0.15) is 0 Å². The fraction of sp³-hybridized carbons (Fsp3) is 0.200. The van der Waals surface area contributed by atoms with E-state index >= 15 is 0 Å². The molecule has 0 fully saturated rings. The molecule has 0 aliphatic heterocycles. The number of hydrogen-bond donors (Lipinski definition) is 1. The van der Waals surface area contributed by atoms with Gasteiger partial charge in [0.2, 0.25) is 0 Å². The number of benzene rings is 1. The molecule has 2 heteroatoms. The van der Waals surface area contributed by atoms with Crippen LogP contribution in [0.2, 0.25) is 5.02 Å². The minimum atomic E-state index is -0.122. The Bertz CT molecular complexity index is 294. The first kappa shape index (κ1) is 9.30. The summed E-state index contributed by atoms with van der Waals surface area (Å²) in [6, 6.07) is 5.60. The van der Waals surface area contributed by atoms with Gasteiger partial charge in [-0.1, -0.05) is 29.8 Å². The maximum atomic E-state index is 5.93. The fourth-order valence-corrected chi connectivity index (χ4v) is 1.29. The average molecular weight is 182 g/mol. The third-order valence-electron chi connectivity index (χ3n) is 1.92. The standard InChI is InChI=1S/C10H12ClN/c1-3-10(12)8-5-4-6-9(11)7(8)2/h3-6,10H,1,12H2,2H3/t10-/m0/s1. The predicted molar refractivity (Wildman–Crippen MR) is 53.3 cm³/mol.